The number of fused-ring (bicyclic) bond motifs is 1. The Morgan fingerprint density at radius 3 is 2.89 bits per heavy atom. The van der Waals surface area contributed by atoms with E-state index in [1.165, 1.54) is 6.07 Å². The molecule has 7 nitrogen and oxygen atoms in total. The number of aromatic nitrogens is 2. The molecule has 2 N–H and O–H groups in total. The van der Waals surface area contributed by atoms with E-state index in [0.29, 0.717) is 36.3 Å². The van der Waals surface area contributed by atoms with E-state index in [-0.39, 0.29) is 17.4 Å². The van der Waals surface area contributed by atoms with Crippen LogP contribution in [0.5, 0.6) is 0 Å². The van der Waals surface area contributed by atoms with Gasteiger partial charge in [0, 0.05) is 54.9 Å². The normalized spacial score (nSPS) is 12.5. The molecular weight excluding hydrogens is 344 g/mol. The highest BCUT2D eigenvalue weighted by Gasteiger charge is 2.19. The van der Waals surface area contributed by atoms with Gasteiger partial charge in [0.05, 0.1) is 0 Å². The number of aromatic amines is 1. The highest BCUT2D eigenvalue weighted by Crippen LogP contribution is 2.23. The summed E-state index contributed by atoms with van der Waals surface area (Å²) in [6.07, 6.45) is 5.20. The van der Waals surface area contributed by atoms with Gasteiger partial charge in [0.15, 0.2) is 0 Å². The first-order valence-electron chi connectivity index (χ1n) is 9.17. The molecule has 142 valence electrons. The monoisotopic (exact) mass is 368 g/mol. The van der Waals surface area contributed by atoms with Crippen LogP contribution >= 0.6 is 0 Å². The molecule has 1 aliphatic carbocycles. The van der Waals surface area contributed by atoms with E-state index in [1.54, 1.807) is 37.2 Å². The van der Waals surface area contributed by atoms with Crippen LogP contribution in [-0.2, 0) is 12.8 Å². The van der Waals surface area contributed by atoms with Crippen molar-refractivity contribution in [1.82, 2.24) is 20.2 Å². The Labute approximate surface area is 157 Å². The summed E-state index contributed by atoms with van der Waals surface area (Å²) in [5, 5.41) is 2.92. The number of carbonyl (C=O) groups is 2. The van der Waals surface area contributed by atoms with Crippen molar-refractivity contribution in [1.29, 1.82) is 0 Å². The van der Waals surface area contributed by atoms with Gasteiger partial charge < -0.3 is 15.2 Å². The van der Waals surface area contributed by atoms with Gasteiger partial charge in [-0.3, -0.25) is 19.4 Å². The minimum atomic E-state index is -0.288. The largest absolute Gasteiger partial charge is 0.352 e. The van der Waals surface area contributed by atoms with Gasteiger partial charge >= 0.3 is 0 Å². The van der Waals surface area contributed by atoms with E-state index < -0.39 is 0 Å². The van der Waals surface area contributed by atoms with Crippen LogP contribution in [0.4, 0.5) is 0 Å². The summed E-state index contributed by atoms with van der Waals surface area (Å²) < 4.78 is 0. The summed E-state index contributed by atoms with van der Waals surface area (Å²) in [5.41, 5.74) is 3.53. The molecule has 0 aliphatic heterocycles. The lowest BCUT2D eigenvalue weighted by Crippen LogP contribution is -2.32. The molecule has 0 atom stereocenters. The Morgan fingerprint density at radius 1 is 1.30 bits per heavy atom. The van der Waals surface area contributed by atoms with Gasteiger partial charge in [-0.15, -0.1) is 0 Å². The maximum atomic E-state index is 12.4. The summed E-state index contributed by atoms with van der Waals surface area (Å²) in [4.78, 5) is 44.9. The maximum Gasteiger partial charge on any atom is 0.253 e. The number of H-pyrrole nitrogens is 1. The van der Waals surface area contributed by atoms with Crippen molar-refractivity contribution in [3.63, 3.8) is 0 Å². The van der Waals surface area contributed by atoms with Crippen LogP contribution in [0.3, 0.4) is 0 Å². The van der Waals surface area contributed by atoms with Crippen molar-refractivity contribution < 1.29 is 9.59 Å². The van der Waals surface area contributed by atoms with Gasteiger partial charge in [-0.05, 0) is 50.3 Å². The summed E-state index contributed by atoms with van der Waals surface area (Å²) in [6.45, 7) is 2.70. The van der Waals surface area contributed by atoms with E-state index in [1.807, 2.05) is 0 Å². The number of rotatable bonds is 6. The molecule has 0 saturated heterocycles. The average molecular weight is 368 g/mol. The molecule has 0 aromatic carbocycles. The predicted molar refractivity (Wildman–Crippen MR) is 102 cm³/mol. The van der Waals surface area contributed by atoms with Gasteiger partial charge in [-0.1, -0.05) is 0 Å². The van der Waals surface area contributed by atoms with Crippen molar-refractivity contribution >= 4 is 11.8 Å². The van der Waals surface area contributed by atoms with E-state index in [2.05, 4.69) is 15.3 Å². The lowest BCUT2D eigenvalue weighted by Gasteiger charge is -2.17. The van der Waals surface area contributed by atoms with Crippen molar-refractivity contribution in [2.75, 3.05) is 20.1 Å². The number of hydrogen-bond acceptors (Lipinski definition) is 4. The smallest absolute Gasteiger partial charge is 0.253 e. The summed E-state index contributed by atoms with van der Waals surface area (Å²) >= 11 is 0. The second-order valence-electron chi connectivity index (χ2n) is 6.89. The number of carbonyl (C=O) groups excluding carboxylic acids is 2. The van der Waals surface area contributed by atoms with Gasteiger partial charge in [0.2, 0.25) is 5.56 Å². The second-order valence-corrected chi connectivity index (χ2v) is 6.89. The standard InChI is InChI=1S/C20H24N4O3/c1-13-11-14(12-18(25)23-13)20(27)24(2)10-4-8-22-19(26)16-7-9-21-17-6-3-5-15(16)17/h7,9,11-12H,3-6,8,10H2,1-2H3,(H,22,26)(H,23,25). The molecule has 0 saturated carbocycles. The first-order chi connectivity index (χ1) is 13.0. The van der Waals surface area contributed by atoms with E-state index in [4.69, 9.17) is 0 Å². The second kappa shape index (κ2) is 8.16. The minimum absolute atomic E-state index is 0.0882. The molecule has 0 spiro atoms. The fraction of sp³-hybridized carbons (Fsp3) is 0.400. The molecule has 0 bridgehead atoms. The fourth-order valence-electron chi connectivity index (χ4n) is 3.42. The molecule has 2 aromatic rings. The quantitative estimate of drug-likeness (QED) is 0.755. The fourth-order valence-corrected chi connectivity index (χ4v) is 3.42. The average Bonchev–Trinajstić information content (AvgIpc) is 3.12. The molecule has 0 radical (unpaired) electrons. The van der Waals surface area contributed by atoms with Crippen LogP contribution in [0.1, 0.15) is 50.5 Å². The number of pyridine rings is 2. The zero-order valence-electron chi connectivity index (χ0n) is 15.7. The molecule has 2 aromatic heterocycles. The molecule has 3 rings (SSSR count). The van der Waals surface area contributed by atoms with Gasteiger partial charge in [-0.2, -0.15) is 0 Å². The lowest BCUT2D eigenvalue weighted by atomic mass is 10.1. The SMILES string of the molecule is Cc1cc(C(=O)N(C)CCCNC(=O)c2ccnc3c2CCC3)cc(=O)[nH]1. The Kier molecular flexibility index (Phi) is 5.69. The third kappa shape index (κ3) is 4.42. The van der Waals surface area contributed by atoms with Crippen molar-refractivity contribution in [3.05, 3.63) is 62.8 Å². The Morgan fingerprint density at radius 2 is 2.11 bits per heavy atom. The van der Waals surface area contributed by atoms with Crippen LogP contribution in [0.2, 0.25) is 0 Å². The molecular formula is C20H24N4O3. The topological polar surface area (TPSA) is 95.2 Å². The molecule has 1 aliphatic rings. The summed E-state index contributed by atoms with van der Waals surface area (Å²) in [6, 6.07) is 4.73. The van der Waals surface area contributed by atoms with Crippen molar-refractivity contribution in [2.24, 2.45) is 0 Å². The number of nitrogens with one attached hydrogen (secondary N) is 2. The van der Waals surface area contributed by atoms with Gasteiger partial charge in [0.1, 0.15) is 0 Å². The zero-order chi connectivity index (χ0) is 19.4. The van der Waals surface area contributed by atoms with Crippen LogP contribution < -0.4 is 10.9 Å². The highest BCUT2D eigenvalue weighted by atomic mass is 16.2. The summed E-state index contributed by atoms with van der Waals surface area (Å²) in [7, 11) is 1.69. The van der Waals surface area contributed by atoms with Crippen LogP contribution in [-0.4, -0.2) is 46.8 Å². The molecule has 7 heteroatoms. The predicted octanol–water partition coefficient (Wildman–Crippen LogP) is 1.46. The Bertz CT molecular complexity index is 920. The number of aryl methyl sites for hydroxylation is 2. The van der Waals surface area contributed by atoms with E-state index in [9.17, 15) is 14.4 Å². The van der Waals surface area contributed by atoms with E-state index in [0.717, 1.165) is 30.5 Å². The van der Waals surface area contributed by atoms with Crippen molar-refractivity contribution in [2.45, 2.75) is 32.6 Å². The number of hydrogen-bond donors (Lipinski definition) is 2. The summed E-state index contributed by atoms with van der Waals surface area (Å²) in [5.74, 6) is -0.294. The molecule has 0 fully saturated rings. The van der Waals surface area contributed by atoms with Gasteiger partial charge in [-0.25, -0.2) is 0 Å². The Hall–Kier alpha value is -2.96. The molecule has 2 amide bonds. The van der Waals surface area contributed by atoms with Crippen LogP contribution in [0.25, 0.3) is 0 Å². The first kappa shape index (κ1) is 18.8. The zero-order valence-corrected chi connectivity index (χ0v) is 15.7. The Balaban J connectivity index is 1.50. The number of nitrogens with zero attached hydrogens (tertiary/aromatic N) is 2. The first-order valence-corrected chi connectivity index (χ1v) is 9.17. The number of amides is 2. The minimum Gasteiger partial charge on any atom is -0.352 e. The molecule has 2 heterocycles. The van der Waals surface area contributed by atoms with E-state index >= 15 is 0 Å². The highest BCUT2D eigenvalue weighted by molar-refractivity contribution is 5.96. The third-order valence-electron chi connectivity index (χ3n) is 4.76. The van der Waals surface area contributed by atoms with Crippen LogP contribution in [0.15, 0.2) is 29.2 Å². The maximum absolute atomic E-state index is 12.4. The molecule has 0 unspecified atom stereocenters. The van der Waals surface area contributed by atoms with Gasteiger partial charge in [0.25, 0.3) is 11.8 Å². The molecule has 27 heavy (non-hydrogen) atoms. The third-order valence-corrected chi connectivity index (χ3v) is 4.76. The van der Waals surface area contributed by atoms with Crippen molar-refractivity contribution in [3.8, 4) is 0 Å². The lowest BCUT2D eigenvalue weighted by molar-refractivity contribution is 0.0793. The van der Waals surface area contributed by atoms with Crippen LogP contribution in [0, 0.1) is 6.92 Å².